The van der Waals surface area contributed by atoms with E-state index in [0.29, 0.717) is 5.75 Å². The van der Waals surface area contributed by atoms with Gasteiger partial charge in [-0.25, -0.2) is 9.18 Å². The van der Waals surface area contributed by atoms with Gasteiger partial charge in [0.2, 0.25) is 0 Å². The van der Waals surface area contributed by atoms with Crippen molar-refractivity contribution in [1.82, 2.24) is 10.9 Å². The summed E-state index contributed by atoms with van der Waals surface area (Å²) in [6.07, 6.45) is 1.01. The van der Waals surface area contributed by atoms with E-state index in [4.69, 9.17) is 10.00 Å². The molecule has 0 fully saturated rings. The van der Waals surface area contributed by atoms with Gasteiger partial charge in [0, 0.05) is 6.20 Å². The number of halogens is 1. The molecule has 0 spiro atoms. The topological polar surface area (TPSA) is 100 Å². The number of ether oxygens (including phenoxy) is 2. The minimum atomic E-state index is -0.797. The van der Waals surface area contributed by atoms with Crippen LogP contribution in [0.2, 0.25) is 0 Å². The van der Waals surface area contributed by atoms with Gasteiger partial charge in [0.25, 0.3) is 5.91 Å². The molecule has 0 atom stereocenters. The van der Waals surface area contributed by atoms with Crippen molar-refractivity contribution in [3.8, 4) is 11.8 Å². The third-order valence-electron chi connectivity index (χ3n) is 2.23. The maximum atomic E-state index is 12.7. The molecule has 116 valence electrons. The zero-order valence-electron chi connectivity index (χ0n) is 11.8. The second-order valence-corrected chi connectivity index (χ2v) is 3.83. The van der Waals surface area contributed by atoms with E-state index >= 15 is 0 Å². The number of hydrogen-bond donors (Lipinski definition) is 2. The summed E-state index contributed by atoms with van der Waals surface area (Å²) >= 11 is 0. The van der Waals surface area contributed by atoms with Gasteiger partial charge < -0.3 is 14.9 Å². The highest BCUT2D eigenvalue weighted by molar-refractivity contribution is 5.92. The molecule has 0 radical (unpaired) electrons. The molecule has 0 bridgehead atoms. The number of carbonyl (C=O) groups is 2. The number of nitriles is 1. The summed E-state index contributed by atoms with van der Waals surface area (Å²) in [4.78, 5) is 22.7. The molecule has 0 heterocycles. The van der Waals surface area contributed by atoms with E-state index in [1.807, 2.05) is 0 Å². The van der Waals surface area contributed by atoms with Crippen LogP contribution in [0.1, 0.15) is 6.92 Å². The monoisotopic (exact) mass is 307 g/mol. The SMILES string of the molecule is CCOC(=O)/C(C#N)=C/NNC(=O)COc1ccc(F)cc1. The molecule has 7 nitrogen and oxygen atoms in total. The van der Waals surface area contributed by atoms with Gasteiger partial charge in [0.15, 0.2) is 12.2 Å². The first kappa shape index (κ1) is 17.0. The molecule has 0 unspecified atom stereocenters. The largest absolute Gasteiger partial charge is 0.484 e. The van der Waals surface area contributed by atoms with E-state index in [-0.39, 0.29) is 18.8 Å². The van der Waals surface area contributed by atoms with Gasteiger partial charge >= 0.3 is 5.97 Å². The lowest BCUT2D eigenvalue weighted by Gasteiger charge is -2.07. The minimum absolute atomic E-state index is 0.135. The number of benzene rings is 1. The summed E-state index contributed by atoms with van der Waals surface area (Å²) in [5, 5.41) is 8.74. The maximum Gasteiger partial charge on any atom is 0.350 e. The molecule has 22 heavy (non-hydrogen) atoms. The fraction of sp³-hybridized carbons (Fsp3) is 0.214. The zero-order chi connectivity index (χ0) is 16.4. The first-order valence-electron chi connectivity index (χ1n) is 6.27. The highest BCUT2D eigenvalue weighted by Crippen LogP contribution is 2.10. The lowest BCUT2D eigenvalue weighted by Crippen LogP contribution is -2.37. The summed E-state index contributed by atoms with van der Waals surface area (Å²) < 4.78 is 22.4. The number of hydrogen-bond acceptors (Lipinski definition) is 6. The Balaban J connectivity index is 2.38. The van der Waals surface area contributed by atoms with Crippen molar-refractivity contribution < 1.29 is 23.5 Å². The smallest absolute Gasteiger partial charge is 0.350 e. The fourth-order valence-electron chi connectivity index (χ4n) is 1.25. The summed E-state index contributed by atoms with van der Waals surface area (Å²) in [6, 6.07) is 6.79. The molecule has 1 aromatic carbocycles. The lowest BCUT2D eigenvalue weighted by molar-refractivity contribution is -0.138. The predicted molar refractivity (Wildman–Crippen MR) is 73.5 cm³/mol. The molecular formula is C14H14FN3O4. The van der Waals surface area contributed by atoms with Crippen molar-refractivity contribution in [3.63, 3.8) is 0 Å². The molecule has 0 saturated carbocycles. The maximum absolute atomic E-state index is 12.7. The Hall–Kier alpha value is -3.08. The molecule has 0 aromatic heterocycles. The third-order valence-corrected chi connectivity index (χ3v) is 2.23. The predicted octanol–water partition coefficient (Wildman–Crippen LogP) is 0.796. The Labute approximate surface area is 126 Å². The number of nitrogens with one attached hydrogen (secondary N) is 2. The van der Waals surface area contributed by atoms with Crippen molar-refractivity contribution in [2.45, 2.75) is 6.92 Å². The highest BCUT2D eigenvalue weighted by Gasteiger charge is 2.09. The minimum Gasteiger partial charge on any atom is -0.484 e. The Kier molecular flexibility index (Phi) is 6.92. The number of carbonyl (C=O) groups excluding carboxylic acids is 2. The number of hydrazine groups is 1. The van der Waals surface area contributed by atoms with Crippen molar-refractivity contribution in [1.29, 1.82) is 5.26 Å². The van der Waals surface area contributed by atoms with Crippen LogP contribution in [0.3, 0.4) is 0 Å². The molecule has 8 heteroatoms. The van der Waals surface area contributed by atoms with Gasteiger partial charge in [0.1, 0.15) is 17.6 Å². The average molecular weight is 307 g/mol. The molecule has 1 aromatic rings. The standard InChI is InChI=1S/C14H14FN3O4/c1-2-21-14(20)10(7-16)8-17-18-13(19)9-22-12-5-3-11(15)4-6-12/h3-6,8,17H,2,9H2,1H3,(H,18,19)/b10-8+. The quantitative estimate of drug-likeness (QED) is 0.334. The van der Waals surface area contributed by atoms with Gasteiger partial charge in [-0.05, 0) is 31.2 Å². The Morgan fingerprint density at radius 2 is 2.05 bits per heavy atom. The van der Waals surface area contributed by atoms with Crippen molar-refractivity contribution in [2.75, 3.05) is 13.2 Å². The third kappa shape index (κ3) is 5.92. The van der Waals surface area contributed by atoms with Crippen molar-refractivity contribution >= 4 is 11.9 Å². The van der Waals surface area contributed by atoms with E-state index in [0.717, 1.165) is 6.20 Å². The van der Waals surface area contributed by atoms with Crippen molar-refractivity contribution in [2.24, 2.45) is 0 Å². The summed E-state index contributed by atoms with van der Waals surface area (Å²) in [5.41, 5.74) is 4.21. The van der Waals surface area contributed by atoms with E-state index < -0.39 is 17.7 Å². The first-order valence-corrected chi connectivity index (χ1v) is 6.27. The zero-order valence-corrected chi connectivity index (χ0v) is 11.8. The number of amides is 1. The lowest BCUT2D eigenvalue weighted by atomic mass is 10.3. The molecule has 2 N–H and O–H groups in total. The first-order chi connectivity index (χ1) is 10.6. The van der Waals surface area contributed by atoms with Crippen molar-refractivity contribution in [3.05, 3.63) is 41.9 Å². The molecule has 0 saturated heterocycles. The Morgan fingerprint density at radius 3 is 2.64 bits per heavy atom. The molecule has 0 aliphatic carbocycles. The molecule has 1 amide bonds. The van der Waals surface area contributed by atoms with Gasteiger partial charge in [-0.2, -0.15) is 5.26 Å². The van der Waals surface area contributed by atoms with E-state index in [2.05, 4.69) is 15.6 Å². The van der Waals surface area contributed by atoms with E-state index in [1.54, 1.807) is 13.0 Å². The van der Waals surface area contributed by atoms with Crippen LogP contribution in [-0.2, 0) is 14.3 Å². The number of rotatable bonds is 7. The average Bonchev–Trinajstić information content (AvgIpc) is 2.51. The summed E-state index contributed by atoms with van der Waals surface area (Å²) in [7, 11) is 0. The molecule has 0 aliphatic rings. The summed E-state index contributed by atoms with van der Waals surface area (Å²) in [5.74, 6) is -1.43. The van der Waals surface area contributed by atoms with E-state index in [9.17, 15) is 14.0 Å². The number of nitrogens with zero attached hydrogens (tertiary/aromatic N) is 1. The van der Waals surface area contributed by atoms with E-state index in [1.165, 1.54) is 24.3 Å². The second-order valence-electron chi connectivity index (χ2n) is 3.83. The van der Waals surface area contributed by atoms with Gasteiger partial charge in [0.05, 0.1) is 6.61 Å². The van der Waals surface area contributed by atoms with Crippen LogP contribution in [0.15, 0.2) is 36.0 Å². The van der Waals surface area contributed by atoms with Crippen LogP contribution in [0.5, 0.6) is 5.75 Å². The Morgan fingerprint density at radius 1 is 1.36 bits per heavy atom. The van der Waals surface area contributed by atoms with Gasteiger partial charge in [-0.3, -0.25) is 10.2 Å². The highest BCUT2D eigenvalue weighted by atomic mass is 19.1. The van der Waals surface area contributed by atoms with Crippen LogP contribution in [-0.4, -0.2) is 25.1 Å². The molecule has 0 aliphatic heterocycles. The van der Waals surface area contributed by atoms with Crippen LogP contribution >= 0.6 is 0 Å². The van der Waals surface area contributed by atoms with Crippen LogP contribution in [0, 0.1) is 17.1 Å². The number of esters is 1. The molecule has 1 rings (SSSR count). The van der Waals surface area contributed by atoms with Gasteiger partial charge in [-0.15, -0.1) is 0 Å². The fourth-order valence-corrected chi connectivity index (χ4v) is 1.25. The van der Waals surface area contributed by atoms with Crippen LogP contribution < -0.4 is 15.6 Å². The summed E-state index contributed by atoms with van der Waals surface area (Å²) in [6.45, 7) is 1.42. The van der Waals surface area contributed by atoms with Gasteiger partial charge in [-0.1, -0.05) is 0 Å². The van der Waals surface area contributed by atoms with Crippen LogP contribution in [0.25, 0.3) is 0 Å². The normalized spacial score (nSPS) is 10.3. The molecular weight excluding hydrogens is 293 g/mol. The Bertz CT molecular complexity index is 593. The van der Waals surface area contributed by atoms with Crippen LogP contribution in [0.4, 0.5) is 4.39 Å². The second kappa shape index (κ2) is 8.97.